The quantitative estimate of drug-likeness (QED) is 0.538. The summed E-state index contributed by atoms with van der Waals surface area (Å²) in [5.74, 6) is 0.581. The van der Waals surface area contributed by atoms with E-state index in [4.69, 9.17) is 16.3 Å². The van der Waals surface area contributed by atoms with E-state index in [1.807, 2.05) is 38.1 Å². The summed E-state index contributed by atoms with van der Waals surface area (Å²) >= 11 is 6.09. The van der Waals surface area contributed by atoms with Crippen LogP contribution in [-0.4, -0.2) is 13.0 Å². The van der Waals surface area contributed by atoms with E-state index in [-0.39, 0.29) is 11.5 Å². The van der Waals surface area contributed by atoms with Crippen molar-refractivity contribution in [1.82, 2.24) is 0 Å². The minimum Gasteiger partial charge on any atom is -0.496 e. The summed E-state index contributed by atoms with van der Waals surface area (Å²) in [6, 6.07) is 11.1. The van der Waals surface area contributed by atoms with Crippen LogP contribution in [0.4, 0.5) is 5.69 Å². The number of hydrogen-bond acceptors (Lipinski definition) is 3. The van der Waals surface area contributed by atoms with Crippen molar-refractivity contribution in [1.29, 1.82) is 5.26 Å². The lowest BCUT2D eigenvalue weighted by Gasteiger charge is -2.15. The SMILES string of the molecule is COc1cc(C)c(/C=C(\C#N)C(=O)Nc2ccc(C)c(Cl)c2)cc1C(C)C. The van der Waals surface area contributed by atoms with Crippen molar-refractivity contribution in [3.05, 3.63) is 63.2 Å². The van der Waals surface area contributed by atoms with E-state index in [0.29, 0.717) is 10.7 Å². The number of carbonyl (C=O) groups is 1. The number of amides is 1. The molecule has 0 radical (unpaired) electrons. The van der Waals surface area contributed by atoms with Crippen molar-refractivity contribution in [2.75, 3.05) is 12.4 Å². The maximum atomic E-state index is 12.5. The summed E-state index contributed by atoms with van der Waals surface area (Å²) in [4.78, 5) is 12.5. The van der Waals surface area contributed by atoms with Crippen LogP contribution in [0.15, 0.2) is 35.9 Å². The third-order valence-electron chi connectivity index (χ3n) is 4.34. The number of ether oxygens (including phenoxy) is 1. The molecule has 0 aliphatic rings. The Morgan fingerprint density at radius 1 is 1.22 bits per heavy atom. The zero-order valence-corrected chi connectivity index (χ0v) is 16.9. The van der Waals surface area contributed by atoms with E-state index >= 15 is 0 Å². The average molecular weight is 383 g/mol. The van der Waals surface area contributed by atoms with Crippen LogP contribution in [0.5, 0.6) is 5.75 Å². The van der Waals surface area contributed by atoms with Gasteiger partial charge in [0.2, 0.25) is 0 Å². The Kier molecular flexibility index (Phi) is 6.65. The van der Waals surface area contributed by atoms with Crippen LogP contribution in [0.1, 0.15) is 42.0 Å². The highest BCUT2D eigenvalue weighted by Crippen LogP contribution is 2.30. The molecular formula is C22H23ClN2O2. The van der Waals surface area contributed by atoms with Crippen LogP contribution in [-0.2, 0) is 4.79 Å². The Hall–Kier alpha value is -2.77. The van der Waals surface area contributed by atoms with Crippen molar-refractivity contribution in [2.24, 2.45) is 0 Å². The zero-order valence-electron chi connectivity index (χ0n) is 16.2. The summed E-state index contributed by atoms with van der Waals surface area (Å²) in [5.41, 5.74) is 4.25. The van der Waals surface area contributed by atoms with Gasteiger partial charge in [-0.3, -0.25) is 4.79 Å². The molecule has 0 bridgehead atoms. The maximum absolute atomic E-state index is 12.5. The molecule has 2 aromatic carbocycles. The normalized spacial score (nSPS) is 11.3. The van der Waals surface area contributed by atoms with Crippen LogP contribution >= 0.6 is 11.6 Å². The number of anilines is 1. The molecule has 0 saturated carbocycles. The second-order valence-corrected chi connectivity index (χ2v) is 7.10. The molecule has 0 aliphatic carbocycles. The molecule has 0 saturated heterocycles. The first-order valence-corrected chi connectivity index (χ1v) is 9.02. The molecule has 5 heteroatoms. The Labute approximate surface area is 165 Å². The van der Waals surface area contributed by atoms with Gasteiger partial charge in [-0.05, 0) is 72.4 Å². The van der Waals surface area contributed by atoms with Gasteiger partial charge < -0.3 is 10.1 Å². The molecule has 0 fully saturated rings. The second kappa shape index (κ2) is 8.75. The van der Waals surface area contributed by atoms with Gasteiger partial charge in [-0.15, -0.1) is 0 Å². The van der Waals surface area contributed by atoms with Gasteiger partial charge >= 0.3 is 0 Å². The van der Waals surface area contributed by atoms with E-state index in [0.717, 1.165) is 28.0 Å². The van der Waals surface area contributed by atoms with Crippen LogP contribution in [0.25, 0.3) is 6.08 Å². The Balaban J connectivity index is 2.37. The number of nitriles is 1. The van der Waals surface area contributed by atoms with E-state index in [9.17, 15) is 10.1 Å². The monoisotopic (exact) mass is 382 g/mol. The fourth-order valence-electron chi connectivity index (χ4n) is 2.67. The van der Waals surface area contributed by atoms with Crippen molar-refractivity contribution in [3.8, 4) is 11.8 Å². The lowest BCUT2D eigenvalue weighted by molar-refractivity contribution is -0.112. The Bertz CT molecular complexity index is 940. The fraction of sp³-hybridized carbons (Fsp3) is 0.273. The van der Waals surface area contributed by atoms with Crippen LogP contribution in [0, 0.1) is 25.2 Å². The van der Waals surface area contributed by atoms with Crippen molar-refractivity contribution in [2.45, 2.75) is 33.6 Å². The minimum absolute atomic E-state index is 0.0228. The van der Waals surface area contributed by atoms with Gasteiger partial charge in [0, 0.05) is 10.7 Å². The molecular weight excluding hydrogens is 360 g/mol. The summed E-state index contributed by atoms with van der Waals surface area (Å²) in [6.45, 7) is 7.94. The number of benzene rings is 2. The molecule has 0 unspecified atom stereocenters. The molecule has 2 rings (SSSR count). The summed E-state index contributed by atoms with van der Waals surface area (Å²) in [7, 11) is 1.64. The van der Waals surface area contributed by atoms with Gasteiger partial charge in [0.1, 0.15) is 17.4 Å². The standard InChI is InChI=1S/C22H23ClN2O2/c1-13(2)19-10-16(15(4)8-21(19)27-5)9-17(12-24)22(26)25-18-7-6-14(3)20(23)11-18/h6-11,13H,1-5H3,(H,25,26)/b17-9+. The predicted molar refractivity (Wildman–Crippen MR) is 110 cm³/mol. The number of aryl methyl sites for hydroxylation is 2. The predicted octanol–water partition coefficient (Wildman–Crippen LogP) is 5.63. The van der Waals surface area contributed by atoms with Gasteiger partial charge in [0.15, 0.2) is 0 Å². The minimum atomic E-state index is -0.473. The molecule has 4 nitrogen and oxygen atoms in total. The van der Waals surface area contributed by atoms with Crippen LogP contribution < -0.4 is 10.1 Å². The van der Waals surface area contributed by atoms with Crippen molar-refractivity contribution >= 4 is 29.3 Å². The number of nitrogens with zero attached hydrogens (tertiary/aromatic N) is 1. The van der Waals surface area contributed by atoms with Gasteiger partial charge in [0.05, 0.1) is 7.11 Å². The Morgan fingerprint density at radius 2 is 1.93 bits per heavy atom. The van der Waals surface area contributed by atoms with E-state index in [1.165, 1.54) is 0 Å². The smallest absolute Gasteiger partial charge is 0.266 e. The van der Waals surface area contributed by atoms with Crippen LogP contribution in [0.2, 0.25) is 5.02 Å². The third-order valence-corrected chi connectivity index (χ3v) is 4.74. The molecule has 2 aromatic rings. The number of methoxy groups -OCH3 is 1. The highest BCUT2D eigenvalue weighted by atomic mass is 35.5. The molecule has 1 N–H and O–H groups in total. The molecule has 0 aliphatic heterocycles. The topological polar surface area (TPSA) is 62.1 Å². The summed E-state index contributed by atoms with van der Waals surface area (Å²) in [6.07, 6.45) is 1.60. The first-order chi connectivity index (χ1) is 12.8. The van der Waals surface area contributed by atoms with Crippen molar-refractivity contribution in [3.63, 3.8) is 0 Å². The van der Waals surface area contributed by atoms with Crippen LogP contribution in [0.3, 0.4) is 0 Å². The second-order valence-electron chi connectivity index (χ2n) is 6.69. The van der Waals surface area contributed by atoms with Gasteiger partial charge in [-0.1, -0.05) is 31.5 Å². The molecule has 0 atom stereocenters. The highest BCUT2D eigenvalue weighted by molar-refractivity contribution is 6.31. The molecule has 0 spiro atoms. The van der Waals surface area contributed by atoms with E-state index < -0.39 is 5.91 Å². The summed E-state index contributed by atoms with van der Waals surface area (Å²) < 4.78 is 5.44. The number of rotatable bonds is 5. The van der Waals surface area contributed by atoms with Crippen molar-refractivity contribution < 1.29 is 9.53 Å². The molecule has 0 aromatic heterocycles. The Morgan fingerprint density at radius 3 is 2.48 bits per heavy atom. The lowest BCUT2D eigenvalue weighted by atomic mass is 9.95. The number of hydrogen-bond donors (Lipinski definition) is 1. The fourth-order valence-corrected chi connectivity index (χ4v) is 2.85. The lowest BCUT2D eigenvalue weighted by Crippen LogP contribution is -2.13. The van der Waals surface area contributed by atoms with Gasteiger partial charge in [-0.2, -0.15) is 5.26 Å². The molecule has 0 heterocycles. The van der Waals surface area contributed by atoms with Gasteiger partial charge in [0.25, 0.3) is 5.91 Å². The number of nitrogens with one attached hydrogen (secondary N) is 1. The molecule has 1 amide bonds. The zero-order chi connectivity index (χ0) is 20.1. The summed E-state index contributed by atoms with van der Waals surface area (Å²) in [5, 5.41) is 12.8. The maximum Gasteiger partial charge on any atom is 0.266 e. The number of halogens is 1. The molecule has 27 heavy (non-hydrogen) atoms. The number of carbonyl (C=O) groups excluding carboxylic acids is 1. The third kappa shape index (κ3) is 4.90. The van der Waals surface area contributed by atoms with E-state index in [1.54, 1.807) is 25.3 Å². The first-order valence-electron chi connectivity index (χ1n) is 8.64. The highest BCUT2D eigenvalue weighted by Gasteiger charge is 2.14. The van der Waals surface area contributed by atoms with Gasteiger partial charge in [-0.25, -0.2) is 0 Å². The molecule has 140 valence electrons. The average Bonchev–Trinajstić information content (AvgIpc) is 2.63. The largest absolute Gasteiger partial charge is 0.496 e. The van der Waals surface area contributed by atoms with E-state index in [2.05, 4.69) is 19.2 Å². The first kappa shape index (κ1) is 20.5.